The van der Waals surface area contributed by atoms with Gasteiger partial charge in [0, 0.05) is 12.6 Å². The minimum absolute atomic E-state index is 0.0853. The van der Waals surface area contributed by atoms with Gasteiger partial charge in [0.2, 0.25) is 5.88 Å². The molecule has 0 amide bonds. The number of ether oxygens (including phenoxy) is 1. The number of nitrogens with zero attached hydrogens (tertiary/aromatic N) is 4. The quantitative estimate of drug-likeness (QED) is 0.640. The summed E-state index contributed by atoms with van der Waals surface area (Å²) < 4.78 is 20.6. The molecular weight excluding hydrogens is 279 g/mol. The summed E-state index contributed by atoms with van der Waals surface area (Å²) in [6.07, 6.45) is 0. The number of aryl methyl sites for hydroxylation is 3. The number of nitriles is 1. The number of nitro groups is 1. The molecule has 2 aromatic rings. The maximum atomic E-state index is 13.9. The van der Waals surface area contributed by atoms with Gasteiger partial charge in [-0.05, 0) is 19.9 Å². The number of halogens is 1. The number of hydrogen-bond acceptors (Lipinski definition) is 5. The fourth-order valence-corrected chi connectivity index (χ4v) is 1.91. The molecule has 0 bridgehead atoms. The molecule has 0 saturated carbocycles. The minimum atomic E-state index is -0.880. The van der Waals surface area contributed by atoms with E-state index in [1.165, 1.54) is 17.7 Å². The van der Waals surface area contributed by atoms with E-state index in [4.69, 9.17) is 10.00 Å². The van der Waals surface area contributed by atoms with Crippen LogP contribution in [0.3, 0.4) is 0 Å². The number of aromatic nitrogens is 2. The summed E-state index contributed by atoms with van der Waals surface area (Å²) in [6.45, 7) is 3.10. The van der Waals surface area contributed by atoms with Crippen molar-refractivity contribution in [2.45, 2.75) is 13.8 Å². The second-order valence-corrected chi connectivity index (χ2v) is 4.43. The maximum absolute atomic E-state index is 13.9. The first-order valence-electron chi connectivity index (χ1n) is 5.91. The van der Waals surface area contributed by atoms with E-state index in [0.29, 0.717) is 5.69 Å². The molecule has 0 saturated heterocycles. The lowest BCUT2D eigenvalue weighted by atomic mass is 10.2. The average molecular weight is 290 g/mol. The summed E-state index contributed by atoms with van der Waals surface area (Å²) in [7, 11) is 1.55. The summed E-state index contributed by atoms with van der Waals surface area (Å²) >= 11 is 0. The summed E-state index contributed by atoms with van der Waals surface area (Å²) in [5, 5.41) is 23.8. The highest BCUT2D eigenvalue weighted by Crippen LogP contribution is 2.32. The highest BCUT2D eigenvalue weighted by Gasteiger charge is 2.20. The van der Waals surface area contributed by atoms with E-state index in [-0.39, 0.29) is 28.4 Å². The smallest absolute Gasteiger partial charge is 0.275 e. The largest absolute Gasteiger partial charge is 0.435 e. The predicted molar refractivity (Wildman–Crippen MR) is 70.5 cm³/mol. The molecule has 21 heavy (non-hydrogen) atoms. The topological polar surface area (TPSA) is 94.0 Å². The van der Waals surface area contributed by atoms with Crippen LogP contribution in [0.25, 0.3) is 0 Å². The second kappa shape index (κ2) is 5.20. The molecule has 0 N–H and O–H groups in total. The van der Waals surface area contributed by atoms with E-state index in [9.17, 15) is 14.5 Å². The van der Waals surface area contributed by atoms with Gasteiger partial charge in [-0.25, -0.2) is 9.07 Å². The highest BCUT2D eigenvalue weighted by atomic mass is 19.1. The lowest BCUT2D eigenvalue weighted by molar-refractivity contribution is -0.385. The Kier molecular flexibility index (Phi) is 3.58. The van der Waals surface area contributed by atoms with E-state index >= 15 is 0 Å². The third-order valence-electron chi connectivity index (χ3n) is 2.94. The van der Waals surface area contributed by atoms with E-state index in [2.05, 4.69) is 5.10 Å². The van der Waals surface area contributed by atoms with Crippen molar-refractivity contribution in [3.05, 3.63) is 44.9 Å². The van der Waals surface area contributed by atoms with E-state index in [0.717, 1.165) is 6.07 Å². The highest BCUT2D eigenvalue weighted by molar-refractivity contribution is 5.48. The summed E-state index contributed by atoms with van der Waals surface area (Å²) in [5.74, 6) is -0.991. The minimum Gasteiger partial charge on any atom is -0.435 e. The van der Waals surface area contributed by atoms with Crippen LogP contribution in [0, 0.1) is 41.1 Å². The molecule has 1 aromatic heterocycles. The van der Waals surface area contributed by atoms with Crippen LogP contribution in [0.4, 0.5) is 10.1 Å². The van der Waals surface area contributed by atoms with Crippen LogP contribution in [-0.2, 0) is 7.05 Å². The molecule has 1 heterocycles. The van der Waals surface area contributed by atoms with Crippen molar-refractivity contribution < 1.29 is 14.1 Å². The molecule has 0 radical (unpaired) electrons. The van der Waals surface area contributed by atoms with Gasteiger partial charge in [0.15, 0.2) is 11.6 Å². The SMILES string of the molecule is Cc1cc(Oc2c(C#N)c(C)nn2C)c(F)cc1[N+](=O)[O-]. The Bertz CT molecular complexity index is 777. The van der Waals surface area contributed by atoms with Crippen LogP contribution >= 0.6 is 0 Å². The zero-order chi connectivity index (χ0) is 15.7. The van der Waals surface area contributed by atoms with E-state index in [1.807, 2.05) is 6.07 Å². The number of hydrogen-bond donors (Lipinski definition) is 0. The van der Waals surface area contributed by atoms with Gasteiger partial charge < -0.3 is 4.74 Å². The molecule has 108 valence electrons. The zero-order valence-electron chi connectivity index (χ0n) is 11.5. The number of rotatable bonds is 3. The normalized spacial score (nSPS) is 10.2. The Morgan fingerprint density at radius 2 is 2.14 bits per heavy atom. The van der Waals surface area contributed by atoms with Crippen LogP contribution in [0.5, 0.6) is 11.6 Å². The fraction of sp³-hybridized carbons (Fsp3) is 0.231. The fourth-order valence-electron chi connectivity index (χ4n) is 1.91. The zero-order valence-corrected chi connectivity index (χ0v) is 11.5. The molecule has 0 spiro atoms. The maximum Gasteiger partial charge on any atom is 0.275 e. The van der Waals surface area contributed by atoms with Gasteiger partial charge >= 0.3 is 0 Å². The molecule has 0 unspecified atom stereocenters. The van der Waals surface area contributed by atoms with Crippen molar-refractivity contribution in [1.29, 1.82) is 5.26 Å². The van der Waals surface area contributed by atoms with Crippen LogP contribution in [0.2, 0.25) is 0 Å². The Morgan fingerprint density at radius 3 is 2.71 bits per heavy atom. The van der Waals surface area contributed by atoms with Crippen molar-refractivity contribution in [3.8, 4) is 17.7 Å². The average Bonchev–Trinajstić information content (AvgIpc) is 2.67. The molecule has 2 rings (SSSR count). The Labute approximate surface area is 119 Å². The van der Waals surface area contributed by atoms with Crippen molar-refractivity contribution in [2.75, 3.05) is 0 Å². The summed E-state index contributed by atoms with van der Waals surface area (Å²) in [5.41, 5.74) is 0.567. The van der Waals surface area contributed by atoms with Gasteiger partial charge in [0.05, 0.1) is 16.7 Å². The first-order chi connectivity index (χ1) is 9.85. The van der Waals surface area contributed by atoms with Crippen molar-refractivity contribution >= 4 is 5.69 Å². The molecule has 7 nitrogen and oxygen atoms in total. The van der Waals surface area contributed by atoms with Crippen molar-refractivity contribution in [1.82, 2.24) is 9.78 Å². The lowest BCUT2D eigenvalue weighted by Crippen LogP contribution is -2.00. The molecule has 0 aliphatic carbocycles. The standard InChI is InChI=1S/C13H11FN4O3/c1-7-4-12(10(14)5-11(7)18(19)20)21-13-9(6-15)8(2)16-17(13)3/h4-5H,1-3H3. The molecule has 0 aliphatic heterocycles. The Balaban J connectivity index is 2.49. The molecule has 0 atom stereocenters. The van der Waals surface area contributed by atoms with E-state index < -0.39 is 10.7 Å². The lowest BCUT2D eigenvalue weighted by Gasteiger charge is -2.08. The second-order valence-electron chi connectivity index (χ2n) is 4.43. The Hall–Kier alpha value is -2.95. The predicted octanol–water partition coefficient (Wildman–Crippen LogP) is 2.75. The van der Waals surface area contributed by atoms with Crippen LogP contribution in [-0.4, -0.2) is 14.7 Å². The van der Waals surface area contributed by atoms with Gasteiger partial charge in [-0.3, -0.25) is 10.1 Å². The molecule has 0 aliphatic rings. The molecule has 1 aromatic carbocycles. The number of benzene rings is 1. The Morgan fingerprint density at radius 1 is 1.48 bits per heavy atom. The van der Waals surface area contributed by atoms with Crippen LogP contribution < -0.4 is 4.74 Å². The summed E-state index contributed by atoms with van der Waals surface area (Å²) in [6, 6.07) is 3.94. The molecule has 8 heteroatoms. The van der Waals surface area contributed by atoms with Gasteiger partial charge in [0.25, 0.3) is 5.69 Å². The van der Waals surface area contributed by atoms with Gasteiger partial charge in [-0.15, -0.1) is 0 Å². The van der Waals surface area contributed by atoms with Crippen molar-refractivity contribution in [2.24, 2.45) is 7.05 Å². The van der Waals surface area contributed by atoms with Crippen molar-refractivity contribution in [3.63, 3.8) is 0 Å². The third-order valence-corrected chi connectivity index (χ3v) is 2.94. The van der Waals surface area contributed by atoms with Gasteiger partial charge in [-0.1, -0.05) is 0 Å². The van der Waals surface area contributed by atoms with Crippen LogP contribution in [0.15, 0.2) is 12.1 Å². The third kappa shape index (κ3) is 2.53. The molecule has 0 fully saturated rings. The van der Waals surface area contributed by atoms with E-state index in [1.54, 1.807) is 14.0 Å². The van der Waals surface area contributed by atoms with Crippen LogP contribution in [0.1, 0.15) is 16.8 Å². The monoisotopic (exact) mass is 290 g/mol. The first kappa shape index (κ1) is 14.5. The summed E-state index contributed by atoms with van der Waals surface area (Å²) in [4.78, 5) is 10.1. The van der Waals surface area contributed by atoms with Gasteiger partial charge in [-0.2, -0.15) is 10.4 Å². The first-order valence-corrected chi connectivity index (χ1v) is 5.91. The van der Waals surface area contributed by atoms with Gasteiger partial charge in [0.1, 0.15) is 11.6 Å². The molecular formula is C13H11FN4O3. The number of nitro benzene ring substituents is 1.